The molecule has 0 saturated heterocycles. The van der Waals surface area contributed by atoms with Gasteiger partial charge in [-0.05, 0) is 73.2 Å². The molecule has 2 aromatic rings. The highest BCUT2D eigenvalue weighted by molar-refractivity contribution is 7.98. The van der Waals surface area contributed by atoms with Crippen LogP contribution in [0.5, 0.6) is 0 Å². The van der Waals surface area contributed by atoms with Gasteiger partial charge in [-0.1, -0.05) is 23.7 Å². The molecule has 0 radical (unpaired) electrons. The summed E-state index contributed by atoms with van der Waals surface area (Å²) in [6.07, 6.45) is 4.13. The summed E-state index contributed by atoms with van der Waals surface area (Å²) < 4.78 is 27.9. The van der Waals surface area contributed by atoms with Gasteiger partial charge in [0.25, 0.3) is 0 Å². The minimum Gasteiger partial charge on any atom is -0.351 e. The lowest BCUT2D eigenvalue weighted by atomic mass is 10.2. The highest BCUT2D eigenvalue weighted by Gasteiger charge is 2.29. The zero-order chi connectivity index (χ0) is 23.1. The van der Waals surface area contributed by atoms with Crippen LogP contribution in [-0.4, -0.2) is 38.3 Å². The standard InChI is InChI=1S/C22H26ClN3O4S2/c1-31-13-12-20(26-32(29,30)19-10-6-17(23)7-11-19)22(28)24-14-15-2-8-18(9-3-15)25-21(27)16-4-5-16/h2-3,6-11,16,20,26H,4-5,12-14H2,1H3,(H,24,28)(H,25,27). The molecule has 1 atom stereocenters. The summed E-state index contributed by atoms with van der Waals surface area (Å²) in [6, 6.07) is 12.1. The number of hydrogen-bond acceptors (Lipinski definition) is 5. The number of benzene rings is 2. The van der Waals surface area contributed by atoms with Crippen molar-refractivity contribution in [2.75, 3.05) is 17.3 Å². The van der Waals surface area contributed by atoms with Crippen LogP contribution in [0.4, 0.5) is 5.69 Å². The predicted molar refractivity (Wildman–Crippen MR) is 128 cm³/mol. The maximum atomic E-state index is 12.8. The van der Waals surface area contributed by atoms with Gasteiger partial charge in [-0.3, -0.25) is 9.59 Å². The third-order valence-corrected chi connectivity index (χ3v) is 7.37. The minimum atomic E-state index is -3.87. The van der Waals surface area contributed by atoms with E-state index in [1.807, 2.05) is 18.4 Å². The first kappa shape index (κ1) is 24.6. The SMILES string of the molecule is CSCCC(NS(=O)(=O)c1ccc(Cl)cc1)C(=O)NCc1ccc(NC(=O)C2CC2)cc1. The molecule has 3 N–H and O–H groups in total. The minimum absolute atomic E-state index is 0.0376. The maximum Gasteiger partial charge on any atom is 0.241 e. The van der Waals surface area contributed by atoms with Crippen molar-refractivity contribution in [2.24, 2.45) is 5.92 Å². The van der Waals surface area contributed by atoms with Crippen LogP contribution in [0.25, 0.3) is 0 Å². The van der Waals surface area contributed by atoms with Crippen molar-refractivity contribution >= 4 is 50.9 Å². The second-order valence-corrected chi connectivity index (χ2v) is 10.7. The van der Waals surface area contributed by atoms with E-state index in [9.17, 15) is 18.0 Å². The van der Waals surface area contributed by atoms with Crippen LogP contribution in [0.3, 0.4) is 0 Å². The van der Waals surface area contributed by atoms with Crippen LogP contribution in [0.1, 0.15) is 24.8 Å². The quantitative estimate of drug-likeness (QED) is 0.443. The topological polar surface area (TPSA) is 104 Å². The fraction of sp³-hybridized carbons (Fsp3) is 0.364. The molecule has 1 saturated carbocycles. The molecule has 0 bridgehead atoms. The molecule has 7 nitrogen and oxygen atoms in total. The maximum absolute atomic E-state index is 12.8. The number of hydrogen-bond donors (Lipinski definition) is 3. The van der Waals surface area contributed by atoms with Gasteiger partial charge in [0.2, 0.25) is 21.8 Å². The number of carbonyl (C=O) groups is 2. The van der Waals surface area contributed by atoms with E-state index < -0.39 is 22.0 Å². The van der Waals surface area contributed by atoms with Gasteiger partial charge in [0.1, 0.15) is 6.04 Å². The summed E-state index contributed by atoms with van der Waals surface area (Å²) in [5.74, 6) is 0.388. The number of nitrogens with one attached hydrogen (secondary N) is 3. The van der Waals surface area contributed by atoms with Gasteiger partial charge in [0.15, 0.2) is 0 Å². The number of rotatable bonds is 11. The number of sulfonamides is 1. The van der Waals surface area contributed by atoms with Crippen LogP contribution in [0, 0.1) is 5.92 Å². The molecule has 1 fully saturated rings. The third kappa shape index (κ3) is 7.23. The lowest BCUT2D eigenvalue weighted by Gasteiger charge is -2.18. The Kier molecular flexibility index (Phi) is 8.58. The molecule has 1 aliphatic rings. The number of thioether (sulfide) groups is 1. The summed E-state index contributed by atoms with van der Waals surface area (Å²) in [4.78, 5) is 24.6. The molecule has 0 aromatic heterocycles. The monoisotopic (exact) mass is 495 g/mol. The molecule has 10 heteroatoms. The van der Waals surface area contributed by atoms with Gasteiger partial charge < -0.3 is 10.6 Å². The van der Waals surface area contributed by atoms with Gasteiger partial charge in [0.05, 0.1) is 4.90 Å². The van der Waals surface area contributed by atoms with E-state index in [1.165, 1.54) is 36.0 Å². The summed E-state index contributed by atoms with van der Waals surface area (Å²) in [5, 5.41) is 6.09. The third-order valence-electron chi connectivity index (χ3n) is 4.98. The highest BCUT2D eigenvalue weighted by atomic mass is 35.5. The Hall–Kier alpha value is -2.07. The Morgan fingerprint density at radius 3 is 2.34 bits per heavy atom. The predicted octanol–water partition coefficient (Wildman–Crippen LogP) is 3.40. The fourth-order valence-electron chi connectivity index (χ4n) is 2.96. The van der Waals surface area contributed by atoms with Crippen LogP contribution in [0.15, 0.2) is 53.4 Å². The van der Waals surface area contributed by atoms with Crippen molar-refractivity contribution in [1.82, 2.24) is 10.0 Å². The Bertz CT molecular complexity index is 1040. The molecular formula is C22H26ClN3O4S2. The zero-order valence-electron chi connectivity index (χ0n) is 17.6. The van der Waals surface area contributed by atoms with Crippen molar-refractivity contribution in [3.8, 4) is 0 Å². The number of carbonyl (C=O) groups excluding carboxylic acids is 2. The first-order valence-corrected chi connectivity index (χ1v) is 13.5. The van der Waals surface area contributed by atoms with Crippen LogP contribution in [-0.2, 0) is 26.2 Å². The summed E-state index contributed by atoms with van der Waals surface area (Å²) in [5.41, 5.74) is 1.55. The molecule has 2 aromatic carbocycles. The molecule has 0 spiro atoms. The molecule has 172 valence electrons. The highest BCUT2D eigenvalue weighted by Crippen LogP contribution is 2.30. The van der Waals surface area contributed by atoms with Crippen LogP contribution in [0.2, 0.25) is 5.02 Å². The average molecular weight is 496 g/mol. The van der Waals surface area contributed by atoms with E-state index in [-0.39, 0.29) is 23.3 Å². The van der Waals surface area contributed by atoms with Crippen molar-refractivity contribution < 1.29 is 18.0 Å². The van der Waals surface area contributed by atoms with Crippen LogP contribution < -0.4 is 15.4 Å². The fourth-order valence-corrected chi connectivity index (χ4v) is 4.78. The molecule has 0 heterocycles. The van der Waals surface area contributed by atoms with Crippen molar-refractivity contribution in [3.63, 3.8) is 0 Å². The van der Waals surface area contributed by atoms with E-state index >= 15 is 0 Å². The first-order chi connectivity index (χ1) is 15.3. The first-order valence-electron chi connectivity index (χ1n) is 10.2. The summed E-state index contributed by atoms with van der Waals surface area (Å²) in [7, 11) is -3.87. The Morgan fingerprint density at radius 2 is 1.75 bits per heavy atom. The Balaban J connectivity index is 1.59. The second-order valence-electron chi connectivity index (χ2n) is 7.59. The molecule has 3 rings (SSSR count). The van der Waals surface area contributed by atoms with Gasteiger partial charge in [-0.25, -0.2) is 8.42 Å². The van der Waals surface area contributed by atoms with E-state index in [1.54, 1.807) is 12.1 Å². The number of amides is 2. The van der Waals surface area contributed by atoms with E-state index in [0.29, 0.717) is 22.9 Å². The summed E-state index contributed by atoms with van der Waals surface area (Å²) in [6.45, 7) is 0.244. The zero-order valence-corrected chi connectivity index (χ0v) is 20.0. The Morgan fingerprint density at radius 1 is 1.09 bits per heavy atom. The molecular weight excluding hydrogens is 470 g/mol. The summed E-state index contributed by atoms with van der Waals surface area (Å²) >= 11 is 7.37. The van der Waals surface area contributed by atoms with Crippen molar-refractivity contribution in [3.05, 3.63) is 59.1 Å². The average Bonchev–Trinajstić information content (AvgIpc) is 3.62. The molecule has 1 aliphatic carbocycles. The lowest BCUT2D eigenvalue weighted by molar-refractivity contribution is -0.123. The molecule has 2 amide bonds. The lowest BCUT2D eigenvalue weighted by Crippen LogP contribution is -2.46. The van der Waals surface area contributed by atoms with E-state index in [0.717, 1.165) is 18.4 Å². The largest absolute Gasteiger partial charge is 0.351 e. The van der Waals surface area contributed by atoms with Gasteiger partial charge >= 0.3 is 0 Å². The van der Waals surface area contributed by atoms with Gasteiger partial charge in [0, 0.05) is 23.2 Å². The molecule has 1 unspecified atom stereocenters. The van der Waals surface area contributed by atoms with Crippen molar-refractivity contribution in [2.45, 2.75) is 36.7 Å². The Labute approximate surface area is 197 Å². The second kappa shape index (κ2) is 11.2. The molecule has 0 aliphatic heterocycles. The van der Waals surface area contributed by atoms with Crippen LogP contribution >= 0.6 is 23.4 Å². The van der Waals surface area contributed by atoms with E-state index in [2.05, 4.69) is 15.4 Å². The smallest absolute Gasteiger partial charge is 0.241 e. The van der Waals surface area contributed by atoms with Gasteiger partial charge in [-0.15, -0.1) is 0 Å². The van der Waals surface area contributed by atoms with E-state index in [4.69, 9.17) is 11.6 Å². The number of halogens is 1. The van der Waals surface area contributed by atoms with Crippen molar-refractivity contribution in [1.29, 1.82) is 0 Å². The number of anilines is 1. The normalized spacial score (nSPS) is 14.6. The molecule has 32 heavy (non-hydrogen) atoms. The van der Waals surface area contributed by atoms with Gasteiger partial charge in [-0.2, -0.15) is 16.5 Å².